The summed E-state index contributed by atoms with van der Waals surface area (Å²) in [6.07, 6.45) is -4.01. The fourth-order valence-electron chi connectivity index (χ4n) is 2.90. The first-order valence-corrected chi connectivity index (χ1v) is 8.38. The molecule has 1 fully saturated rings. The number of aromatic nitrogens is 1. The fourth-order valence-corrected chi connectivity index (χ4v) is 2.90. The SMILES string of the molecule is Cc1oc(-c2cccc(C(F)(F)F)c2)nc1CN1CCC(=O)NC[C@@H]1C. The van der Waals surface area contributed by atoms with Crippen molar-refractivity contribution in [2.24, 2.45) is 0 Å². The van der Waals surface area contributed by atoms with Crippen molar-refractivity contribution >= 4 is 5.91 Å². The summed E-state index contributed by atoms with van der Waals surface area (Å²) in [5.41, 5.74) is 0.215. The van der Waals surface area contributed by atoms with Gasteiger partial charge in [-0.1, -0.05) is 6.07 Å². The van der Waals surface area contributed by atoms with E-state index in [1.54, 1.807) is 13.0 Å². The van der Waals surface area contributed by atoms with Crippen LogP contribution in [0, 0.1) is 6.92 Å². The summed E-state index contributed by atoms with van der Waals surface area (Å²) in [5, 5.41) is 2.85. The zero-order valence-corrected chi connectivity index (χ0v) is 14.6. The molecule has 0 spiro atoms. The number of nitrogens with zero attached hydrogens (tertiary/aromatic N) is 2. The summed E-state index contributed by atoms with van der Waals surface area (Å²) < 4.78 is 44.3. The van der Waals surface area contributed by atoms with Crippen LogP contribution < -0.4 is 5.32 Å². The maximum absolute atomic E-state index is 12.9. The number of aryl methyl sites for hydroxylation is 1. The molecule has 1 amide bonds. The van der Waals surface area contributed by atoms with Crippen molar-refractivity contribution in [1.29, 1.82) is 0 Å². The third-order valence-electron chi connectivity index (χ3n) is 4.53. The number of oxazole rings is 1. The Morgan fingerprint density at radius 2 is 2.15 bits per heavy atom. The molecule has 26 heavy (non-hydrogen) atoms. The van der Waals surface area contributed by atoms with Gasteiger partial charge in [-0.05, 0) is 32.0 Å². The van der Waals surface area contributed by atoms with E-state index in [0.29, 0.717) is 37.5 Å². The van der Waals surface area contributed by atoms with Crippen LogP contribution in [0.15, 0.2) is 28.7 Å². The molecule has 1 aliphatic rings. The number of halogens is 3. The quantitative estimate of drug-likeness (QED) is 0.904. The molecule has 2 heterocycles. The third kappa shape index (κ3) is 4.07. The molecule has 3 rings (SSSR count). The normalized spacial score (nSPS) is 19.3. The van der Waals surface area contributed by atoms with Gasteiger partial charge in [-0.25, -0.2) is 4.98 Å². The predicted molar refractivity (Wildman–Crippen MR) is 89.2 cm³/mol. The zero-order valence-electron chi connectivity index (χ0n) is 14.6. The van der Waals surface area contributed by atoms with Gasteiger partial charge in [0.15, 0.2) is 0 Å². The molecule has 1 aromatic heterocycles. The van der Waals surface area contributed by atoms with E-state index in [1.165, 1.54) is 6.07 Å². The summed E-state index contributed by atoms with van der Waals surface area (Å²) >= 11 is 0. The van der Waals surface area contributed by atoms with Crippen molar-refractivity contribution in [3.05, 3.63) is 41.3 Å². The van der Waals surface area contributed by atoms with Crippen LogP contribution >= 0.6 is 0 Å². The molecule has 0 saturated carbocycles. The molecule has 1 aliphatic heterocycles. The average Bonchev–Trinajstić information content (AvgIpc) is 2.88. The third-order valence-corrected chi connectivity index (χ3v) is 4.53. The molecule has 0 aliphatic carbocycles. The minimum atomic E-state index is -4.42. The molecule has 8 heteroatoms. The number of alkyl halides is 3. The standard InChI is InChI=1S/C18H20F3N3O2/c1-11-9-22-16(25)6-7-24(11)10-15-12(2)26-17(23-15)13-4-3-5-14(8-13)18(19,20)21/h3-5,8,11H,6-7,9-10H2,1-2H3,(H,22,25)/t11-/m0/s1. The van der Waals surface area contributed by atoms with Crippen molar-refractivity contribution in [2.75, 3.05) is 13.1 Å². The molecule has 1 aromatic carbocycles. The van der Waals surface area contributed by atoms with E-state index in [1.807, 2.05) is 6.92 Å². The number of carbonyl (C=O) groups is 1. The predicted octanol–water partition coefficient (Wildman–Crippen LogP) is 3.38. The molecule has 2 aromatic rings. The molecule has 5 nitrogen and oxygen atoms in total. The van der Waals surface area contributed by atoms with Crippen LogP contribution in [-0.2, 0) is 17.5 Å². The second-order valence-corrected chi connectivity index (χ2v) is 6.47. The summed E-state index contributed by atoms with van der Waals surface area (Å²) in [6, 6.07) is 5.07. The fraction of sp³-hybridized carbons (Fsp3) is 0.444. The Morgan fingerprint density at radius 1 is 1.38 bits per heavy atom. The highest BCUT2D eigenvalue weighted by molar-refractivity contribution is 5.76. The van der Waals surface area contributed by atoms with Crippen LogP contribution in [-0.4, -0.2) is 34.9 Å². The number of nitrogens with one attached hydrogen (secondary N) is 1. The smallest absolute Gasteiger partial charge is 0.416 e. The summed E-state index contributed by atoms with van der Waals surface area (Å²) in [7, 11) is 0. The van der Waals surface area contributed by atoms with Gasteiger partial charge in [-0.15, -0.1) is 0 Å². The number of amides is 1. The monoisotopic (exact) mass is 367 g/mol. The van der Waals surface area contributed by atoms with Crippen molar-refractivity contribution in [3.8, 4) is 11.5 Å². The van der Waals surface area contributed by atoms with E-state index in [2.05, 4.69) is 15.2 Å². The van der Waals surface area contributed by atoms with Gasteiger partial charge in [-0.3, -0.25) is 9.69 Å². The van der Waals surface area contributed by atoms with Gasteiger partial charge < -0.3 is 9.73 Å². The Balaban J connectivity index is 1.82. The van der Waals surface area contributed by atoms with Gasteiger partial charge >= 0.3 is 6.18 Å². The average molecular weight is 367 g/mol. The maximum Gasteiger partial charge on any atom is 0.416 e. The van der Waals surface area contributed by atoms with Crippen LogP contribution in [0.1, 0.15) is 30.4 Å². The maximum atomic E-state index is 12.9. The molecule has 0 bridgehead atoms. The minimum absolute atomic E-state index is 0.0147. The van der Waals surface area contributed by atoms with E-state index in [-0.39, 0.29) is 23.4 Å². The Hall–Kier alpha value is -2.35. The number of carbonyl (C=O) groups excluding carboxylic acids is 1. The van der Waals surface area contributed by atoms with Crippen LogP contribution in [0.5, 0.6) is 0 Å². The molecule has 0 unspecified atom stereocenters. The number of hydrogen-bond donors (Lipinski definition) is 1. The Morgan fingerprint density at radius 3 is 2.88 bits per heavy atom. The first-order valence-electron chi connectivity index (χ1n) is 8.38. The van der Waals surface area contributed by atoms with Crippen LogP contribution in [0.3, 0.4) is 0 Å². The van der Waals surface area contributed by atoms with Crippen LogP contribution in [0.2, 0.25) is 0 Å². The van der Waals surface area contributed by atoms with Crippen LogP contribution in [0.4, 0.5) is 13.2 Å². The van der Waals surface area contributed by atoms with E-state index in [4.69, 9.17) is 4.42 Å². The van der Waals surface area contributed by atoms with Gasteiger partial charge in [0.1, 0.15) is 5.76 Å². The Bertz CT molecular complexity index is 801. The summed E-state index contributed by atoms with van der Waals surface area (Å²) in [5.74, 6) is 0.745. The van der Waals surface area contributed by atoms with E-state index >= 15 is 0 Å². The van der Waals surface area contributed by atoms with Crippen molar-refractivity contribution < 1.29 is 22.4 Å². The molecular formula is C18H20F3N3O2. The van der Waals surface area contributed by atoms with Crippen molar-refractivity contribution in [1.82, 2.24) is 15.2 Å². The lowest BCUT2D eigenvalue weighted by atomic mass is 10.1. The van der Waals surface area contributed by atoms with E-state index < -0.39 is 11.7 Å². The van der Waals surface area contributed by atoms with Gasteiger partial charge in [-0.2, -0.15) is 13.2 Å². The molecule has 1 atom stereocenters. The van der Waals surface area contributed by atoms with Crippen LogP contribution in [0.25, 0.3) is 11.5 Å². The highest BCUT2D eigenvalue weighted by Crippen LogP contribution is 2.32. The van der Waals surface area contributed by atoms with Gasteiger partial charge in [0.25, 0.3) is 0 Å². The highest BCUT2D eigenvalue weighted by Gasteiger charge is 2.31. The van der Waals surface area contributed by atoms with Gasteiger partial charge in [0.05, 0.1) is 11.3 Å². The van der Waals surface area contributed by atoms with Gasteiger partial charge in [0, 0.05) is 37.7 Å². The molecule has 1 saturated heterocycles. The topological polar surface area (TPSA) is 58.4 Å². The second kappa shape index (κ2) is 7.11. The zero-order chi connectivity index (χ0) is 18.9. The summed E-state index contributed by atoms with van der Waals surface area (Å²) in [4.78, 5) is 18.0. The van der Waals surface area contributed by atoms with Crippen molar-refractivity contribution in [3.63, 3.8) is 0 Å². The molecule has 140 valence electrons. The van der Waals surface area contributed by atoms with Gasteiger partial charge in [0.2, 0.25) is 11.8 Å². The molecular weight excluding hydrogens is 347 g/mol. The lowest BCUT2D eigenvalue weighted by molar-refractivity contribution is -0.137. The first-order chi connectivity index (χ1) is 12.2. The minimum Gasteiger partial charge on any atom is -0.441 e. The van der Waals surface area contributed by atoms with E-state index in [9.17, 15) is 18.0 Å². The molecule has 1 N–H and O–H groups in total. The highest BCUT2D eigenvalue weighted by atomic mass is 19.4. The number of rotatable bonds is 3. The van der Waals surface area contributed by atoms with E-state index in [0.717, 1.165) is 12.1 Å². The van der Waals surface area contributed by atoms with Crippen molar-refractivity contribution in [2.45, 2.75) is 39.0 Å². The number of benzene rings is 1. The first kappa shape index (κ1) is 18.4. The lowest BCUT2D eigenvalue weighted by Crippen LogP contribution is -2.37. The second-order valence-electron chi connectivity index (χ2n) is 6.47. The lowest BCUT2D eigenvalue weighted by Gasteiger charge is -2.25. The molecule has 0 radical (unpaired) electrons. The Labute approximate surface area is 149 Å². The number of hydrogen-bond acceptors (Lipinski definition) is 4. The summed E-state index contributed by atoms with van der Waals surface area (Å²) in [6.45, 7) is 5.37. The largest absolute Gasteiger partial charge is 0.441 e. The Kier molecular flexibility index (Phi) is 5.04.